The van der Waals surface area contributed by atoms with Crippen LogP contribution in [0.4, 0.5) is 0 Å². The zero-order valence-corrected chi connectivity index (χ0v) is 43.4. The van der Waals surface area contributed by atoms with Crippen LogP contribution in [0.1, 0.15) is 41.0 Å². The van der Waals surface area contributed by atoms with Gasteiger partial charge in [0.15, 0.2) is 0 Å². The summed E-state index contributed by atoms with van der Waals surface area (Å²) in [5, 5.41) is 7.70. The summed E-state index contributed by atoms with van der Waals surface area (Å²) in [6.07, 6.45) is 10.1. The lowest BCUT2D eigenvalue weighted by Gasteiger charge is -2.12. The zero-order chi connectivity index (χ0) is 51.6. The molecular weight excluding hydrogens is 893 g/mol. The van der Waals surface area contributed by atoms with Crippen molar-refractivity contribution < 1.29 is 0 Å². The summed E-state index contributed by atoms with van der Waals surface area (Å²) >= 11 is 0. The molecule has 0 bridgehead atoms. The molecule has 362 valence electrons. The van der Waals surface area contributed by atoms with E-state index in [0.29, 0.717) is 0 Å². The summed E-state index contributed by atoms with van der Waals surface area (Å²) in [6, 6.07) is 80.4. The van der Waals surface area contributed by atoms with Gasteiger partial charge in [0.25, 0.3) is 0 Å². The standard InChI is InChI=1S/C58H36N2.C5H8.C4H6.C3H8.C2H6/c1-3-13-37(14-4-1)39-25-29-43(30-26-39)59-53-24-10-9-21-47(53)50-34-41(27-31-54(50)59)42-28-32-55-52(35-42)58-49-23-12-22-48-45-19-7-8-20-46(45)51(57(48)49)36-56(58)60(55)44-18-11-17-40(33-44)38-15-5-2-6-16-38;1-3-5-4-2;1-3-4-2;1-3-2;1-2/h1-36H;3-5H,1H2,2H3;3-4H,1-2H2;3H2,1-2H3;1-2H3/b;5-4-;;;. The summed E-state index contributed by atoms with van der Waals surface area (Å²) in [5.41, 5.74) is 19.7. The monoisotopic (exact) mass is 957 g/mol. The molecule has 2 nitrogen and oxygen atoms in total. The maximum Gasteiger partial charge on any atom is 0.0553 e. The normalized spacial score (nSPS) is 10.9. The Morgan fingerprint density at radius 1 is 0.338 bits per heavy atom. The fourth-order valence-electron chi connectivity index (χ4n) is 10.3. The van der Waals surface area contributed by atoms with Crippen LogP contribution in [0.15, 0.2) is 269 Å². The molecule has 0 aliphatic heterocycles. The molecule has 0 saturated carbocycles. The molecule has 74 heavy (non-hydrogen) atoms. The van der Waals surface area contributed by atoms with Gasteiger partial charge in [-0.25, -0.2) is 0 Å². The van der Waals surface area contributed by atoms with Crippen molar-refractivity contribution in [3.8, 4) is 67.0 Å². The molecule has 12 aromatic rings. The van der Waals surface area contributed by atoms with Gasteiger partial charge in [-0.05, 0) is 134 Å². The predicted molar refractivity (Wildman–Crippen MR) is 326 cm³/mol. The second-order valence-corrected chi connectivity index (χ2v) is 18.0. The molecule has 2 aromatic heterocycles. The smallest absolute Gasteiger partial charge is 0.0553 e. The Hall–Kier alpha value is -8.98. The highest BCUT2D eigenvalue weighted by molar-refractivity contribution is 6.29. The maximum atomic E-state index is 3.46. The Morgan fingerprint density at radius 3 is 1.42 bits per heavy atom. The third-order valence-corrected chi connectivity index (χ3v) is 13.3. The molecule has 0 N–H and O–H groups in total. The number of hydrogen-bond donors (Lipinski definition) is 0. The quantitative estimate of drug-likeness (QED) is 0.141. The van der Waals surface area contributed by atoms with Crippen LogP contribution in [-0.2, 0) is 0 Å². The lowest BCUT2D eigenvalue weighted by atomic mass is 9.96. The Bertz CT molecular complexity index is 3950. The molecule has 1 aliphatic rings. The molecule has 0 saturated heterocycles. The minimum Gasteiger partial charge on any atom is -0.309 e. The molecule has 0 spiro atoms. The van der Waals surface area contributed by atoms with E-state index in [2.05, 4.69) is 261 Å². The van der Waals surface area contributed by atoms with Crippen molar-refractivity contribution in [2.45, 2.75) is 41.0 Å². The number of hydrogen-bond acceptors (Lipinski definition) is 0. The molecule has 0 amide bonds. The van der Waals surface area contributed by atoms with Crippen LogP contribution in [-0.4, -0.2) is 9.13 Å². The summed E-state index contributed by atoms with van der Waals surface area (Å²) in [6.45, 7) is 20.4. The molecule has 10 aromatic carbocycles. The average molecular weight is 957 g/mol. The van der Waals surface area contributed by atoms with Crippen molar-refractivity contribution in [1.29, 1.82) is 0 Å². The van der Waals surface area contributed by atoms with E-state index >= 15 is 0 Å². The molecule has 2 heterocycles. The van der Waals surface area contributed by atoms with E-state index in [0.717, 1.165) is 11.4 Å². The van der Waals surface area contributed by atoms with Crippen LogP contribution in [0.3, 0.4) is 0 Å². The number of nitrogens with zero attached hydrogens (tertiary/aromatic N) is 2. The van der Waals surface area contributed by atoms with Crippen molar-refractivity contribution in [3.05, 3.63) is 269 Å². The Kier molecular flexibility index (Phi) is 15.6. The largest absolute Gasteiger partial charge is 0.309 e. The highest BCUT2D eigenvalue weighted by atomic mass is 15.0. The fraction of sp³-hybridized carbons (Fsp3) is 0.0833. The summed E-state index contributed by atoms with van der Waals surface area (Å²) in [4.78, 5) is 0. The predicted octanol–water partition coefficient (Wildman–Crippen LogP) is 21.2. The number of aromatic nitrogens is 2. The van der Waals surface area contributed by atoms with Crippen LogP contribution < -0.4 is 0 Å². The van der Waals surface area contributed by atoms with Crippen LogP contribution in [0.2, 0.25) is 0 Å². The van der Waals surface area contributed by atoms with Gasteiger partial charge < -0.3 is 9.13 Å². The summed E-state index contributed by atoms with van der Waals surface area (Å²) < 4.78 is 4.90. The van der Waals surface area contributed by atoms with E-state index in [1.54, 1.807) is 18.2 Å². The van der Waals surface area contributed by atoms with Crippen molar-refractivity contribution in [2.24, 2.45) is 0 Å². The molecule has 0 fully saturated rings. The Morgan fingerprint density at radius 2 is 0.797 bits per heavy atom. The number of rotatable bonds is 7. The minimum atomic E-state index is 1.16. The topological polar surface area (TPSA) is 9.86 Å². The Labute approximate surface area is 437 Å². The molecule has 0 unspecified atom stereocenters. The fourth-order valence-corrected chi connectivity index (χ4v) is 10.3. The number of benzene rings is 10. The van der Waals surface area contributed by atoms with Gasteiger partial charge in [-0.15, -0.1) is 0 Å². The van der Waals surface area contributed by atoms with Crippen LogP contribution >= 0.6 is 0 Å². The Balaban J connectivity index is 0.000000433. The van der Waals surface area contributed by atoms with Gasteiger partial charge >= 0.3 is 0 Å². The SMILES string of the molecule is C=C/C=C\C.C=CC=C.CC.CCC.c1ccc(-c2ccc(-n3c4ccccc4c4cc(-c5ccc6c(c5)c5c7cccc8c7c(cc5n6-c5cccc(-c6ccccc6)c5)-c5ccccc5-8)ccc43)cc2)cc1. The van der Waals surface area contributed by atoms with E-state index in [4.69, 9.17) is 0 Å². The lowest BCUT2D eigenvalue weighted by molar-refractivity contribution is 1.09. The first kappa shape index (κ1) is 50.0. The van der Waals surface area contributed by atoms with Gasteiger partial charge in [-0.2, -0.15) is 0 Å². The van der Waals surface area contributed by atoms with Gasteiger partial charge in [-0.3, -0.25) is 0 Å². The van der Waals surface area contributed by atoms with Crippen LogP contribution in [0.5, 0.6) is 0 Å². The second-order valence-electron chi connectivity index (χ2n) is 18.0. The molecule has 0 atom stereocenters. The third-order valence-electron chi connectivity index (χ3n) is 13.3. The van der Waals surface area contributed by atoms with Crippen molar-refractivity contribution in [3.63, 3.8) is 0 Å². The number of fused-ring (bicyclic) bond motifs is 10. The van der Waals surface area contributed by atoms with Crippen LogP contribution in [0.25, 0.3) is 121 Å². The van der Waals surface area contributed by atoms with Crippen LogP contribution in [0, 0.1) is 0 Å². The second kappa shape index (κ2) is 23.1. The molecule has 13 rings (SSSR count). The van der Waals surface area contributed by atoms with Gasteiger partial charge in [0.1, 0.15) is 0 Å². The summed E-state index contributed by atoms with van der Waals surface area (Å²) in [5.74, 6) is 0. The number of allylic oxidation sites excluding steroid dienone is 5. The molecule has 1 aliphatic carbocycles. The maximum absolute atomic E-state index is 3.46. The van der Waals surface area contributed by atoms with E-state index in [1.807, 2.05) is 32.9 Å². The first-order valence-corrected chi connectivity index (χ1v) is 26.0. The highest BCUT2D eigenvalue weighted by Gasteiger charge is 2.26. The molecule has 2 heteroatoms. The highest BCUT2D eigenvalue weighted by Crippen LogP contribution is 2.51. The van der Waals surface area contributed by atoms with Gasteiger partial charge in [-0.1, -0.05) is 242 Å². The minimum absolute atomic E-state index is 1.16. The van der Waals surface area contributed by atoms with Crippen molar-refractivity contribution in [1.82, 2.24) is 9.13 Å². The molecular formula is C72H64N2. The molecule has 0 radical (unpaired) electrons. The number of para-hydroxylation sites is 1. The lowest BCUT2D eigenvalue weighted by Crippen LogP contribution is -1.95. The van der Waals surface area contributed by atoms with Gasteiger partial charge in [0.2, 0.25) is 0 Å². The first-order valence-electron chi connectivity index (χ1n) is 26.0. The van der Waals surface area contributed by atoms with Crippen molar-refractivity contribution >= 4 is 54.4 Å². The van der Waals surface area contributed by atoms with E-state index < -0.39 is 0 Å². The van der Waals surface area contributed by atoms with E-state index in [9.17, 15) is 0 Å². The van der Waals surface area contributed by atoms with Crippen molar-refractivity contribution in [2.75, 3.05) is 0 Å². The summed E-state index contributed by atoms with van der Waals surface area (Å²) in [7, 11) is 0. The zero-order valence-electron chi connectivity index (χ0n) is 43.4. The van der Waals surface area contributed by atoms with Gasteiger partial charge in [0, 0.05) is 32.9 Å². The third kappa shape index (κ3) is 9.47. The van der Waals surface area contributed by atoms with Gasteiger partial charge in [0.05, 0.1) is 22.1 Å². The first-order chi connectivity index (χ1) is 36.5. The van der Waals surface area contributed by atoms with E-state index in [-0.39, 0.29) is 0 Å². The average Bonchev–Trinajstić information content (AvgIpc) is 4.16. The van der Waals surface area contributed by atoms with E-state index in [1.165, 1.54) is 116 Å².